The highest BCUT2D eigenvalue weighted by atomic mass is 16.5. The van der Waals surface area contributed by atoms with Crippen LogP contribution >= 0.6 is 0 Å². The van der Waals surface area contributed by atoms with E-state index in [9.17, 15) is 9.59 Å². The Morgan fingerprint density at radius 2 is 1.43 bits per heavy atom. The van der Waals surface area contributed by atoms with Crippen molar-refractivity contribution in [2.75, 3.05) is 59.0 Å². The van der Waals surface area contributed by atoms with Crippen LogP contribution in [-0.4, -0.2) is 80.7 Å². The zero-order chi connectivity index (χ0) is 31.3. The van der Waals surface area contributed by atoms with Gasteiger partial charge in [-0.25, -0.2) is 0 Å². The van der Waals surface area contributed by atoms with Crippen LogP contribution < -0.4 is 16.0 Å². The van der Waals surface area contributed by atoms with Crippen molar-refractivity contribution >= 4 is 11.8 Å². The molecule has 3 N–H and O–H groups in total. The maximum atomic E-state index is 12.4. The van der Waals surface area contributed by atoms with Gasteiger partial charge in [-0.1, -0.05) is 67.7 Å². The molecule has 1 fully saturated rings. The van der Waals surface area contributed by atoms with E-state index in [0.717, 1.165) is 89.9 Å². The van der Waals surface area contributed by atoms with Gasteiger partial charge in [0.05, 0.1) is 18.8 Å². The number of hydrogen-bond donors (Lipinski definition) is 3. The van der Waals surface area contributed by atoms with Crippen LogP contribution in [0.25, 0.3) is 0 Å². The first-order valence-corrected chi connectivity index (χ1v) is 16.4. The summed E-state index contributed by atoms with van der Waals surface area (Å²) in [7, 11) is 0. The van der Waals surface area contributed by atoms with Crippen LogP contribution in [-0.2, 0) is 16.0 Å². The Morgan fingerprint density at radius 3 is 2.05 bits per heavy atom. The minimum absolute atomic E-state index is 0.0772. The van der Waals surface area contributed by atoms with Gasteiger partial charge in [0.2, 0.25) is 5.91 Å². The second kappa shape index (κ2) is 26.1. The van der Waals surface area contributed by atoms with E-state index in [1.54, 1.807) is 6.20 Å². The summed E-state index contributed by atoms with van der Waals surface area (Å²) >= 11 is 0. The topological polar surface area (TPSA) is 95.6 Å². The Hall–Kier alpha value is -3.33. The van der Waals surface area contributed by atoms with Crippen molar-refractivity contribution < 1.29 is 14.3 Å². The normalized spacial score (nSPS) is 14.6. The van der Waals surface area contributed by atoms with Crippen LogP contribution in [0.5, 0.6) is 0 Å². The van der Waals surface area contributed by atoms with E-state index in [1.807, 2.05) is 12.1 Å². The van der Waals surface area contributed by atoms with E-state index in [2.05, 4.69) is 93.5 Å². The second-order valence-electron chi connectivity index (χ2n) is 10.7. The Bertz CT molecular complexity index is 1040. The van der Waals surface area contributed by atoms with E-state index in [-0.39, 0.29) is 11.8 Å². The molecule has 0 spiro atoms. The zero-order valence-electron chi connectivity index (χ0n) is 26.9. The summed E-state index contributed by atoms with van der Waals surface area (Å²) in [6.45, 7) is 9.01. The summed E-state index contributed by atoms with van der Waals surface area (Å²) in [5.74, 6) is -0.0480. The van der Waals surface area contributed by atoms with Gasteiger partial charge >= 0.3 is 0 Å². The highest BCUT2D eigenvalue weighted by Gasteiger charge is 2.11. The van der Waals surface area contributed by atoms with E-state index in [0.29, 0.717) is 38.2 Å². The smallest absolute Gasteiger partial charge is 0.252 e. The number of hydrogen-bond acceptors (Lipinski definition) is 6. The molecule has 44 heavy (non-hydrogen) atoms. The number of rotatable bonds is 23. The molecule has 0 aromatic carbocycles. The predicted octanol–water partition coefficient (Wildman–Crippen LogP) is 5.31. The van der Waals surface area contributed by atoms with Crippen molar-refractivity contribution in [2.45, 2.75) is 64.7 Å². The number of unbranched alkanes of at least 4 members (excludes halogenated alkanes) is 1. The minimum atomic E-state index is -0.125. The molecule has 1 aromatic heterocycles. The summed E-state index contributed by atoms with van der Waals surface area (Å²) in [4.78, 5) is 31.2. The fourth-order valence-electron chi connectivity index (χ4n) is 4.42. The third-order valence-electron chi connectivity index (χ3n) is 7.02. The first kappa shape index (κ1) is 36.9. The molecular formula is C36H55N5O3. The van der Waals surface area contributed by atoms with Crippen molar-refractivity contribution in [3.05, 3.63) is 90.3 Å². The molecular weight excluding hydrogens is 550 g/mol. The number of ether oxygens (including phenoxy) is 1. The molecule has 1 aromatic rings. The molecule has 2 heterocycles. The van der Waals surface area contributed by atoms with Gasteiger partial charge in [0.15, 0.2) is 0 Å². The number of aromatic nitrogens is 1. The molecule has 1 aliphatic rings. The lowest BCUT2D eigenvalue weighted by molar-refractivity contribution is -0.121. The number of nitrogens with one attached hydrogen (secondary N) is 3. The van der Waals surface area contributed by atoms with E-state index < -0.39 is 0 Å². The molecule has 0 radical (unpaired) electrons. The highest BCUT2D eigenvalue weighted by molar-refractivity contribution is 5.93. The first-order valence-electron chi connectivity index (χ1n) is 16.4. The number of nitrogens with zero attached hydrogens (tertiary/aromatic N) is 2. The molecule has 8 nitrogen and oxygen atoms in total. The first-order chi connectivity index (χ1) is 21.7. The van der Waals surface area contributed by atoms with Gasteiger partial charge in [-0.15, -0.1) is 0 Å². The van der Waals surface area contributed by atoms with Gasteiger partial charge in [0.25, 0.3) is 5.91 Å². The van der Waals surface area contributed by atoms with Crippen LogP contribution in [0.15, 0.2) is 79.1 Å². The van der Waals surface area contributed by atoms with Crippen LogP contribution in [0.3, 0.4) is 0 Å². The molecule has 1 saturated heterocycles. The quantitative estimate of drug-likeness (QED) is 0.116. The van der Waals surface area contributed by atoms with Crippen molar-refractivity contribution in [1.29, 1.82) is 0 Å². The molecule has 0 unspecified atom stereocenters. The van der Waals surface area contributed by atoms with Crippen molar-refractivity contribution in [2.24, 2.45) is 0 Å². The third-order valence-corrected chi connectivity index (χ3v) is 7.02. The van der Waals surface area contributed by atoms with E-state index in [4.69, 9.17) is 4.74 Å². The van der Waals surface area contributed by atoms with Crippen molar-refractivity contribution in [3.8, 4) is 0 Å². The van der Waals surface area contributed by atoms with Crippen molar-refractivity contribution in [3.63, 3.8) is 0 Å². The average molecular weight is 606 g/mol. The second-order valence-corrected chi connectivity index (χ2v) is 10.7. The Labute approximate surface area is 265 Å². The Balaban J connectivity index is 1.38. The summed E-state index contributed by atoms with van der Waals surface area (Å²) in [6, 6.07) is 3.77. The summed E-state index contributed by atoms with van der Waals surface area (Å²) < 4.78 is 5.38. The van der Waals surface area contributed by atoms with Crippen molar-refractivity contribution in [1.82, 2.24) is 25.8 Å². The molecule has 242 valence electrons. The lowest BCUT2D eigenvalue weighted by Crippen LogP contribution is -2.37. The number of carbonyl (C=O) groups excluding carboxylic acids is 2. The molecule has 2 rings (SSSR count). The lowest BCUT2D eigenvalue weighted by atomic mass is 10.2. The van der Waals surface area contributed by atoms with Gasteiger partial charge in [0, 0.05) is 70.5 Å². The standard InChI is InChI=1S/C36H55N5O3/c1-2-3-4-5-6-7-8-9-10-11-12-13-14-15-16-17-18-19-35(42)38-25-23-37-24-26-39-36(43)33-20-21-34(40-32-33)22-27-41-28-30-44-31-29-41/h3-4,6-7,9-10,12-13,15-16,20-21,32,37H,2,5,8,11,14,17-19,22-31H2,1H3,(H,38,42)(H,39,43). The number of allylic oxidation sites excluding steroid dienone is 10. The number of pyridine rings is 1. The fraction of sp³-hybridized carbons (Fsp3) is 0.528. The third kappa shape index (κ3) is 19.8. The molecule has 1 aliphatic heterocycles. The Morgan fingerprint density at radius 1 is 0.818 bits per heavy atom. The lowest BCUT2D eigenvalue weighted by Gasteiger charge is -2.26. The van der Waals surface area contributed by atoms with Crippen LogP contribution in [0.4, 0.5) is 0 Å². The highest BCUT2D eigenvalue weighted by Crippen LogP contribution is 2.04. The number of morpholine rings is 1. The maximum absolute atomic E-state index is 12.4. The summed E-state index contributed by atoms with van der Waals surface area (Å²) in [5, 5.41) is 9.10. The predicted molar refractivity (Wildman–Crippen MR) is 182 cm³/mol. The molecule has 2 amide bonds. The Kier molecular flexibility index (Phi) is 21.9. The minimum Gasteiger partial charge on any atom is -0.379 e. The van der Waals surface area contributed by atoms with Gasteiger partial charge in [-0.05, 0) is 57.1 Å². The van der Waals surface area contributed by atoms with E-state index >= 15 is 0 Å². The van der Waals surface area contributed by atoms with Crippen LogP contribution in [0.2, 0.25) is 0 Å². The molecule has 0 saturated carbocycles. The van der Waals surface area contributed by atoms with E-state index in [1.165, 1.54) is 0 Å². The zero-order valence-corrected chi connectivity index (χ0v) is 26.9. The van der Waals surface area contributed by atoms with Gasteiger partial charge in [-0.2, -0.15) is 0 Å². The SMILES string of the molecule is CCC=CCC=CCC=CCC=CCC=CCCCC(=O)NCCNCCNC(=O)c1ccc(CCN2CCOCC2)nc1. The van der Waals surface area contributed by atoms with Gasteiger partial charge in [-0.3, -0.25) is 19.5 Å². The molecule has 0 bridgehead atoms. The van der Waals surface area contributed by atoms with Gasteiger partial charge < -0.3 is 20.7 Å². The average Bonchev–Trinajstić information content (AvgIpc) is 3.05. The number of amides is 2. The molecule has 0 atom stereocenters. The monoisotopic (exact) mass is 605 g/mol. The largest absolute Gasteiger partial charge is 0.379 e. The molecule has 8 heteroatoms. The summed E-state index contributed by atoms with van der Waals surface area (Å²) in [5.41, 5.74) is 1.56. The molecule has 0 aliphatic carbocycles. The maximum Gasteiger partial charge on any atom is 0.252 e. The van der Waals surface area contributed by atoms with Crippen LogP contribution in [0, 0.1) is 0 Å². The van der Waals surface area contributed by atoms with Crippen LogP contribution in [0.1, 0.15) is 74.3 Å². The fourth-order valence-corrected chi connectivity index (χ4v) is 4.42. The number of carbonyl (C=O) groups is 2. The van der Waals surface area contributed by atoms with Gasteiger partial charge in [0.1, 0.15) is 0 Å². The summed E-state index contributed by atoms with van der Waals surface area (Å²) in [6.07, 6.45) is 31.7.